The van der Waals surface area contributed by atoms with Crippen molar-refractivity contribution in [2.24, 2.45) is 0 Å². The van der Waals surface area contributed by atoms with Crippen LogP contribution in [0.3, 0.4) is 0 Å². The summed E-state index contributed by atoms with van der Waals surface area (Å²) in [6, 6.07) is 1.96. The second kappa shape index (κ2) is 7.65. The van der Waals surface area contributed by atoms with Crippen LogP contribution in [0.5, 0.6) is 0 Å². The van der Waals surface area contributed by atoms with Crippen molar-refractivity contribution in [2.75, 3.05) is 20.6 Å². The van der Waals surface area contributed by atoms with Gasteiger partial charge in [0.05, 0.1) is 24.5 Å². The van der Waals surface area contributed by atoms with Gasteiger partial charge >= 0.3 is 6.03 Å². The van der Waals surface area contributed by atoms with Crippen molar-refractivity contribution in [3.05, 3.63) is 34.5 Å². The fourth-order valence-corrected chi connectivity index (χ4v) is 3.87. The van der Waals surface area contributed by atoms with Crippen LogP contribution < -0.4 is 5.32 Å². The molecule has 2 aliphatic rings. The first-order valence-electron chi connectivity index (χ1n) is 9.80. The molecule has 0 saturated carbocycles. The van der Waals surface area contributed by atoms with Crippen molar-refractivity contribution >= 4 is 11.9 Å². The molecule has 9 nitrogen and oxygen atoms in total. The van der Waals surface area contributed by atoms with Gasteiger partial charge < -0.3 is 19.6 Å². The minimum Gasteiger partial charge on any atom is -0.360 e. The summed E-state index contributed by atoms with van der Waals surface area (Å²) in [4.78, 5) is 28.2. The molecular weight excluding hydrogens is 360 g/mol. The number of hydrogen-bond donors (Lipinski definition) is 1. The second-order valence-corrected chi connectivity index (χ2v) is 7.62. The Balaban J connectivity index is 1.41. The van der Waals surface area contributed by atoms with Crippen molar-refractivity contribution in [3.63, 3.8) is 0 Å². The van der Waals surface area contributed by atoms with Crippen molar-refractivity contribution in [1.29, 1.82) is 0 Å². The maximum absolute atomic E-state index is 12.5. The summed E-state index contributed by atoms with van der Waals surface area (Å²) in [5.74, 6) is 0.621. The molecule has 1 aliphatic heterocycles. The Bertz CT molecular complexity index is 884. The van der Waals surface area contributed by atoms with Gasteiger partial charge in [-0.2, -0.15) is 5.10 Å². The number of amides is 3. The summed E-state index contributed by atoms with van der Waals surface area (Å²) in [5, 5.41) is 11.5. The fourth-order valence-electron chi connectivity index (χ4n) is 3.87. The van der Waals surface area contributed by atoms with Crippen LogP contribution in [0.25, 0.3) is 0 Å². The van der Waals surface area contributed by atoms with Crippen LogP contribution in [0.15, 0.2) is 10.6 Å². The van der Waals surface area contributed by atoms with E-state index in [0.717, 1.165) is 61.4 Å². The number of fused-ring (bicyclic) bond motifs is 2. The van der Waals surface area contributed by atoms with Gasteiger partial charge in [-0.1, -0.05) is 5.16 Å². The lowest BCUT2D eigenvalue weighted by atomic mass is 9.96. The van der Waals surface area contributed by atoms with Gasteiger partial charge in [0.25, 0.3) is 5.91 Å². The van der Waals surface area contributed by atoms with Gasteiger partial charge in [-0.3, -0.25) is 9.48 Å². The van der Waals surface area contributed by atoms with E-state index in [2.05, 4.69) is 15.6 Å². The molecule has 3 amide bonds. The van der Waals surface area contributed by atoms with E-state index >= 15 is 0 Å². The molecule has 1 N–H and O–H groups in total. The molecule has 0 spiro atoms. The minimum absolute atomic E-state index is 0.000286. The van der Waals surface area contributed by atoms with E-state index in [0.29, 0.717) is 25.3 Å². The van der Waals surface area contributed by atoms with E-state index in [1.807, 2.05) is 15.6 Å². The first-order valence-corrected chi connectivity index (χ1v) is 9.80. The summed E-state index contributed by atoms with van der Waals surface area (Å²) in [5.41, 5.74) is 3.11. The highest BCUT2D eigenvalue weighted by Gasteiger charge is 2.25. The molecule has 0 saturated heterocycles. The molecule has 0 fully saturated rings. The van der Waals surface area contributed by atoms with Gasteiger partial charge in [0.15, 0.2) is 5.69 Å². The summed E-state index contributed by atoms with van der Waals surface area (Å²) < 4.78 is 7.25. The highest BCUT2D eigenvalue weighted by molar-refractivity contribution is 5.93. The summed E-state index contributed by atoms with van der Waals surface area (Å²) >= 11 is 0. The molecule has 0 unspecified atom stereocenters. The Morgan fingerprint density at radius 1 is 1.21 bits per heavy atom. The maximum Gasteiger partial charge on any atom is 0.319 e. The molecule has 9 heteroatoms. The number of nitrogens with zero attached hydrogens (tertiary/aromatic N) is 5. The molecular formula is C19H26N6O3. The number of aryl methyl sites for hydroxylation is 2. The molecule has 0 radical (unpaired) electrons. The third-order valence-corrected chi connectivity index (χ3v) is 5.31. The third-order valence-electron chi connectivity index (χ3n) is 5.31. The SMILES string of the molecule is CN(C)C(=O)N1CCCn2nc(CNC(=O)c3noc4c3CCCC4)cc2C1. The van der Waals surface area contributed by atoms with Crippen LogP contribution in [0.2, 0.25) is 0 Å². The summed E-state index contributed by atoms with van der Waals surface area (Å²) in [6.45, 7) is 2.32. The number of carbonyl (C=O) groups excluding carboxylic acids is 2. The van der Waals surface area contributed by atoms with Crippen LogP contribution >= 0.6 is 0 Å². The molecule has 0 aromatic carbocycles. The average Bonchev–Trinajstić information content (AvgIpc) is 3.23. The first kappa shape index (κ1) is 18.5. The molecule has 2 aromatic heterocycles. The van der Waals surface area contributed by atoms with Crippen molar-refractivity contribution in [2.45, 2.75) is 51.7 Å². The predicted molar refractivity (Wildman–Crippen MR) is 101 cm³/mol. The first-order chi connectivity index (χ1) is 13.5. The van der Waals surface area contributed by atoms with Gasteiger partial charge in [-0.25, -0.2) is 4.79 Å². The normalized spacial score (nSPS) is 16.1. The number of rotatable bonds is 3. The summed E-state index contributed by atoms with van der Waals surface area (Å²) in [7, 11) is 3.52. The molecule has 3 heterocycles. The lowest BCUT2D eigenvalue weighted by Crippen LogP contribution is -2.38. The highest BCUT2D eigenvalue weighted by Crippen LogP contribution is 2.24. The van der Waals surface area contributed by atoms with E-state index in [1.165, 1.54) is 0 Å². The van der Waals surface area contributed by atoms with E-state index in [-0.39, 0.29) is 11.9 Å². The zero-order valence-electron chi connectivity index (χ0n) is 16.4. The molecule has 0 atom stereocenters. The lowest BCUT2D eigenvalue weighted by molar-refractivity contribution is 0.0940. The largest absolute Gasteiger partial charge is 0.360 e. The van der Waals surface area contributed by atoms with Crippen LogP contribution in [0.1, 0.15) is 52.5 Å². The molecule has 1 aliphatic carbocycles. The number of urea groups is 1. The molecule has 28 heavy (non-hydrogen) atoms. The van der Waals surface area contributed by atoms with Crippen LogP contribution in [-0.4, -0.2) is 57.3 Å². The zero-order valence-corrected chi connectivity index (χ0v) is 16.4. The number of hydrogen-bond acceptors (Lipinski definition) is 5. The van der Waals surface area contributed by atoms with Gasteiger partial charge in [-0.05, 0) is 31.7 Å². The number of nitrogens with one attached hydrogen (secondary N) is 1. The van der Waals surface area contributed by atoms with E-state index in [1.54, 1.807) is 19.0 Å². The number of aromatic nitrogens is 3. The maximum atomic E-state index is 12.5. The zero-order chi connectivity index (χ0) is 19.7. The Morgan fingerprint density at radius 3 is 2.86 bits per heavy atom. The number of carbonyl (C=O) groups is 2. The van der Waals surface area contributed by atoms with Crippen molar-refractivity contribution in [1.82, 2.24) is 30.1 Å². The van der Waals surface area contributed by atoms with Crippen LogP contribution in [-0.2, 0) is 32.5 Å². The summed E-state index contributed by atoms with van der Waals surface area (Å²) in [6.07, 6.45) is 4.69. The fraction of sp³-hybridized carbons (Fsp3) is 0.579. The van der Waals surface area contributed by atoms with Gasteiger partial charge in [-0.15, -0.1) is 0 Å². The standard InChI is InChI=1S/C19H26N6O3/c1-23(2)19(27)24-8-5-9-25-14(12-24)10-13(21-25)11-20-18(26)17-15-6-3-4-7-16(15)28-22-17/h10H,3-9,11-12H2,1-2H3,(H,20,26). The Morgan fingerprint density at radius 2 is 2.04 bits per heavy atom. The lowest BCUT2D eigenvalue weighted by Gasteiger charge is -2.23. The molecule has 2 aromatic rings. The highest BCUT2D eigenvalue weighted by atomic mass is 16.5. The van der Waals surface area contributed by atoms with E-state index < -0.39 is 0 Å². The third kappa shape index (κ3) is 3.61. The monoisotopic (exact) mass is 386 g/mol. The van der Waals surface area contributed by atoms with Crippen molar-refractivity contribution in [3.8, 4) is 0 Å². The quantitative estimate of drug-likeness (QED) is 0.864. The smallest absolute Gasteiger partial charge is 0.319 e. The predicted octanol–water partition coefficient (Wildman–Crippen LogP) is 1.57. The minimum atomic E-state index is -0.223. The Kier molecular flexibility index (Phi) is 5.06. The average molecular weight is 386 g/mol. The Labute approximate surface area is 163 Å². The van der Waals surface area contributed by atoms with Gasteiger partial charge in [0.1, 0.15) is 5.76 Å². The van der Waals surface area contributed by atoms with E-state index in [4.69, 9.17) is 4.52 Å². The topological polar surface area (TPSA) is 96.5 Å². The van der Waals surface area contributed by atoms with E-state index in [9.17, 15) is 9.59 Å². The molecule has 4 rings (SSSR count). The van der Waals surface area contributed by atoms with Crippen molar-refractivity contribution < 1.29 is 14.1 Å². The molecule has 0 bridgehead atoms. The van der Waals surface area contributed by atoms with Crippen LogP contribution in [0.4, 0.5) is 4.79 Å². The van der Waals surface area contributed by atoms with Crippen LogP contribution in [0, 0.1) is 0 Å². The molecule has 150 valence electrons. The van der Waals surface area contributed by atoms with Gasteiger partial charge in [0.2, 0.25) is 0 Å². The van der Waals surface area contributed by atoms with Gasteiger partial charge in [0, 0.05) is 39.2 Å². The Hall–Kier alpha value is -2.84. The second-order valence-electron chi connectivity index (χ2n) is 7.62.